The van der Waals surface area contributed by atoms with Crippen LogP contribution in [0.3, 0.4) is 0 Å². The number of carbonyl (C=O) groups is 2. The van der Waals surface area contributed by atoms with Crippen LogP contribution in [0.25, 0.3) is 0 Å². The van der Waals surface area contributed by atoms with Crippen molar-refractivity contribution in [1.29, 1.82) is 0 Å². The van der Waals surface area contributed by atoms with Crippen molar-refractivity contribution in [3.8, 4) is 0 Å². The van der Waals surface area contributed by atoms with Crippen LogP contribution in [0, 0.1) is 0 Å². The lowest BCUT2D eigenvalue weighted by Crippen LogP contribution is -2.37. The normalized spacial score (nSPS) is 15.5. The summed E-state index contributed by atoms with van der Waals surface area (Å²) in [6.07, 6.45) is 1.28. The standard InChI is InChI=1S/C22H28N2O2S/c1-22(2,3)18-9-7-17(8-10-18)21(26)24-12-5-11-23(13-14-24)20(25)16-19-6-4-15-27-19/h4,6-10,15H,5,11-14,16H2,1-3H3. The Kier molecular flexibility index (Phi) is 6.00. The Morgan fingerprint density at radius 3 is 2.26 bits per heavy atom. The minimum atomic E-state index is 0.0583. The van der Waals surface area contributed by atoms with E-state index in [1.807, 2.05) is 51.6 Å². The highest BCUT2D eigenvalue weighted by atomic mass is 32.1. The Morgan fingerprint density at radius 1 is 0.963 bits per heavy atom. The van der Waals surface area contributed by atoms with Crippen LogP contribution in [0.2, 0.25) is 0 Å². The maximum atomic E-state index is 12.9. The molecule has 1 aliphatic rings. The number of thiophene rings is 1. The van der Waals surface area contributed by atoms with Crippen LogP contribution in [-0.4, -0.2) is 47.8 Å². The van der Waals surface area contributed by atoms with Crippen molar-refractivity contribution in [1.82, 2.24) is 9.80 Å². The van der Waals surface area contributed by atoms with Gasteiger partial charge in [0, 0.05) is 36.6 Å². The fourth-order valence-electron chi connectivity index (χ4n) is 3.34. The van der Waals surface area contributed by atoms with Crippen LogP contribution < -0.4 is 0 Å². The predicted molar refractivity (Wildman–Crippen MR) is 110 cm³/mol. The highest BCUT2D eigenvalue weighted by Crippen LogP contribution is 2.22. The van der Waals surface area contributed by atoms with E-state index in [4.69, 9.17) is 0 Å². The Bertz CT molecular complexity index is 776. The number of carbonyl (C=O) groups excluding carboxylic acids is 2. The summed E-state index contributed by atoms with van der Waals surface area (Å²) in [6.45, 7) is 9.12. The van der Waals surface area contributed by atoms with E-state index in [0.717, 1.165) is 23.4 Å². The van der Waals surface area contributed by atoms with Crippen molar-refractivity contribution in [3.05, 3.63) is 57.8 Å². The molecule has 2 heterocycles. The van der Waals surface area contributed by atoms with E-state index in [1.54, 1.807) is 11.3 Å². The molecule has 0 aliphatic carbocycles. The van der Waals surface area contributed by atoms with E-state index < -0.39 is 0 Å². The van der Waals surface area contributed by atoms with Crippen molar-refractivity contribution >= 4 is 23.2 Å². The van der Waals surface area contributed by atoms with Crippen molar-refractivity contribution in [2.75, 3.05) is 26.2 Å². The van der Waals surface area contributed by atoms with E-state index in [9.17, 15) is 9.59 Å². The average Bonchev–Trinajstić information content (AvgIpc) is 3.01. The molecule has 0 atom stereocenters. The lowest BCUT2D eigenvalue weighted by atomic mass is 9.86. The molecule has 0 N–H and O–H groups in total. The largest absolute Gasteiger partial charge is 0.341 e. The van der Waals surface area contributed by atoms with Crippen LogP contribution in [0.1, 0.15) is 48.0 Å². The lowest BCUT2D eigenvalue weighted by Gasteiger charge is -2.23. The quantitative estimate of drug-likeness (QED) is 0.804. The van der Waals surface area contributed by atoms with Gasteiger partial charge in [0.15, 0.2) is 0 Å². The first-order valence-corrected chi connectivity index (χ1v) is 10.4. The molecular weight excluding hydrogens is 356 g/mol. The van der Waals surface area contributed by atoms with E-state index in [-0.39, 0.29) is 17.2 Å². The van der Waals surface area contributed by atoms with Crippen molar-refractivity contribution in [3.63, 3.8) is 0 Å². The summed E-state index contributed by atoms with van der Waals surface area (Å²) in [5.74, 6) is 0.212. The van der Waals surface area contributed by atoms with Gasteiger partial charge in [0.25, 0.3) is 5.91 Å². The average molecular weight is 385 g/mol. The van der Waals surface area contributed by atoms with Crippen LogP contribution in [-0.2, 0) is 16.6 Å². The first kappa shape index (κ1) is 19.6. The van der Waals surface area contributed by atoms with E-state index >= 15 is 0 Å². The Labute approximate surface area is 165 Å². The molecule has 4 nitrogen and oxygen atoms in total. The second-order valence-electron chi connectivity index (χ2n) is 8.11. The molecule has 27 heavy (non-hydrogen) atoms. The van der Waals surface area contributed by atoms with Gasteiger partial charge in [0.1, 0.15) is 0 Å². The molecule has 5 heteroatoms. The van der Waals surface area contributed by atoms with Crippen LogP contribution in [0.15, 0.2) is 41.8 Å². The molecule has 0 spiro atoms. The second-order valence-corrected chi connectivity index (χ2v) is 9.14. The first-order valence-electron chi connectivity index (χ1n) is 9.54. The third-order valence-electron chi connectivity index (χ3n) is 5.04. The second kappa shape index (κ2) is 8.26. The molecule has 1 aliphatic heterocycles. The minimum absolute atomic E-state index is 0.0583. The fraction of sp³-hybridized carbons (Fsp3) is 0.455. The molecule has 2 aromatic rings. The van der Waals surface area contributed by atoms with E-state index in [2.05, 4.69) is 20.8 Å². The van der Waals surface area contributed by atoms with E-state index in [1.165, 1.54) is 5.56 Å². The Morgan fingerprint density at radius 2 is 1.63 bits per heavy atom. The molecule has 0 radical (unpaired) electrons. The van der Waals surface area contributed by atoms with Crippen molar-refractivity contribution < 1.29 is 9.59 Å². The Balaban J connectivity index is 1.60. The monoisotopic (exact) mass is 384 g/mol. The minimum Gasteiger partial charge on any atom is -0.341 e. The summed E-state index contributed by atoms with van der Waals surface area (Å²) in [5, 5.41) is 2.00. The number of hydrogen-bond acceptors (Lipinski definition) is 3. The highest BCUT2D eigenvalue weighted by Gasteiger charge is 2.23. The van der Waals surface area contributed by atoms with Crippen LogP contribution in [0.4, 0.5) is 0 Å². The number of nitrogens with zero attached hydrogens (tertiary/aromatic N) is 2. The summed E-state index contributed by atoms with van der Waals surface area (Å²) in [5.41, 5.74) is 2.02. The van der Waals surface area contributed by atoms with Gasteiger partial charge in [-0.15, -0.1) is 11.3 Å². The molecule has 0 bridgehead atoms. The molecular formula is C22H28N2O2S. The maximum Gasteiger partial charge on any atom is 0.253 e. The van der Waals surface area contributed by atoms with Crippen LogP contribution in [0.5, 0.6) is 0 Å². The van der Waals surface area contributed by atoms with Gasteiger partial charge in [-0.05, 0) is 41.0 Å². The molecule has 2 amide bonds. The topological polar surface area (TPSA) is 40.6 Å². The number of amides is 2. The molecule has 1 aromatic carbocycles. The summed E-state index contributed by atoms with van der Waals surface area (Å²) in [4.78, 5) is 30.3. The molecule has 0 saturated carbocycles. The van der Waals surface area contributed by atoms with Crippen molar-refractivity contribution in [2.45, 2.75) is 39.0 Å². The summed E-state index contributed by atoms with van der Waals surface area (Å²) in [6, 6.07) is 11.9. The van der Waals surface area contributed by atoms with Gasteiger partial charge in [0.2, 0.25) is 5.91 Å². The highest BCUT2D eigenvalue weighted by molar-refractivity contribution is 7.10. The summed E-state index contributed by atoms with van der Waals surface area (Å²) in [7, 11) is 0. The smallest absolute Gasteiger partial charge is 0.253 e. The molecule has 1 fully saturated rings. The summed E-state index contributed by atoms with van der Waals surface area (Å²) >= 11 is 1.61. The van der Waals surface area contributed by atoms with Gasteiger partial charge in [0.05, 0.1) is 6.42 Å². The van der Waals surface area contributed by atoms with Gasteiger partial charge >= 0.3 is 0 Å². The number of benzene rings is 1. The van der Waals surface area contributed by atoms with Crippen molar-refractivity contribution in [2.24, 2.45) is 0 Å². The zero-order valence-corrected chi connectivity index (χ0v) is 17.2. The van der Waals surface area contributed by atoms with Gasteiger partial charge in [-0.25, -0.2) is 0 Å². The van der Waals surface area contributed by atoms with Gasteiger partial charge in [-0.2, -0.15) is 0 Å². The zero-order valence-electron chi connectivity index (χ0n) is 16.4. The summed E-state index contributed by atoms with van der Waals surface area (Å²) < 4.78 is 0. The molecule has 0 unspecified atom stereocenters. The van der Waals surface area contributed by atoms with Crippen LogP contribution >= 0.6 is 11.3 Å². The third-order valence-corrected chi connectivity index (χ3v) is 5.92. The maximum absolute atomic E-state index is 12.9. The number of rotatable bonds is 3. The molecule has 1 saturated heterocycles. The predicted octanol–water partition coefficient (Wildman–Crippen LogP) is 3.96. The zero-order chi connectivity index (χ0) is 19.4. The fourth-order valence-corrected chi connectivity index (χ4v) is 4.04. The molecule has 3 rings (SSSR count). The SMILES string of the molecule is CC(C)(C)c1ccc(C(=O)N2CCCN(C(=O)Cc3cccs3)CC2)cc1. The molecule has 1 aromatic heterocycles. The Hall–Kier alpha value is -2.14. The molecule has 144 valence electrons. The first-order chi connectivity index (χ1) is 12.8. The lowest BCUT2D eigenvalue weighted by molar-refractivity contribution is -0.130. The third kappa shape index (κ3) is 4.98. The van der Waals surface area contributed by atoms with Gasteiger partial charge in [-0.1, -0.05) is 39.0 Å². The van der Waals surface area contributed by atoms with E-state index in [0.29, 0.717) is 26.1 Å². The number of hydrogen-bond donors (Lipinski definition) is 0. The van der Waals surface area contributed by atoms with Gasteiger partial charge in [-0.3, -0.25) is 9.59 Å². The van der Waals surface area contributed by atoms with Gasteiger partial charge < -0.3 is 9.80 Å².